The summed E-state index contributed by atoms with van der Waals surface area (Å²) < 4.78 is 0. The molecule has 0 spiro atoms. The Morgan fingerprint density at radius 1 is 1.15 bits per heavy atom. The Kier molecular flexibility index (Phi) is 5.31. The van der Waals surface area contributed by atoms with Gasteiger partial charge in [-0.1, -0.05) is 36.8 Å². The average molecular weight is 268 g/mol. The molecule has 0 saturated heterocycles. The predicted octanol–water partition coefficient (Wildman–Crippen LogP) is 3.98. The molecule has 1 atom stereocenters. The highest BCUT2D eigenvalue weighted by atomic mass is 14.9. The summed E-state index contributed by atoms with van der Waals surface area (Å²) in [6.45, 7) is 7.50. The first-order valence-electron chi connectivity index (χ1n) is 7.41. The Hall–Kier alpha value is -1.67. The highest BCUT2D eigenvalue weighted by Gasteiger charge is 2.13. The van der Waals surface area contributed by atoms with Gasteiger partial charge >= 0.3 is 0 Å². The lowest BCUT2D eigenvalue weighted by Gasteiger charge is -2.21. The zero-order valence-corrected chi connectivity index (χ0v) is 12.7. The van der Waals surface area contributed by atoms with Gasteiger partial charge in [-0.2, -0.15) is 0 Å². The number of hydrogen-bond acceptors (Lipinski definition) is 2. The van der Waals surface area contributed by atoms with Gasteiger partial charge in [-0.05, 0) is 56.5 Å². The highest BCUT2D eigenvalue weighted by Crippen LogP contribution is 2.23. The quantitative estimate of drug-likeness (QED) is 0.857. The fourth-order valence-corrected chi connectivity index (χ4v) is 2.59. The molecule has 0 fully saturated rings. The van der Waals surface area contributed by atoms with E-state index in [2.05, 4.69) is 61.4 Å². The molecule has 0 aliphatic carbocycles. The summed E-state index contributed by atoms with van der Waals surface area (Å²) in [5.41, 5.74) is 5.28. The van der Waals surface area contributed by atoms with Crippen LogP contribution in [0.5, 0.6) is 0 Å². The molecule has 1 unspecified atom stereocenters. The van der Waals surface area contributed by atoms with Gasteiger partial charge in [0.2, 0.25) is 0 Å². The van der Waals surface area contributed by atoms with Crippen LogP contribution in [0, 0.1) is 13.8 Å². The molecular formula is C18H24N2. The van der Waals surface area contributed by atoms with E-state index in [1.807, 2.05) is 12.3 Å². The van der Waals surface area contributed by atoms with Crippen LogP contribution in [0.4, 0.5) is 0 Å². The van der Waals surface area contributed by atoms with Gasteiger partial charge in [0.1, 0.15) is 0 Å². The number of pyridine rings is 1. The molecule has 0 aliphatic heterocycles. The standard InChI is InChI=1S/C18H24N2/c1-4-19-18(11-10-16-7-5-6-12-20-16)17-13-14(2)8-9-15(17)3/h5-9,12-13,18-19H,4,10-11H2,1-3H3. The maximum Gasteiger partial charge on any atom is 0.0404 e. The third-order valence-electron chi connectivity index (χ3n) is 3.68. The third-order valence-corrected chi connectivity index (χ3v) is 3.68. The molecule has 1 N–H and O–H groups in total. The molecule has 0 saturated carbocycles. The van der Waals surface area contributed by atoms with Crippen molar-refractivity contribution >= 4 is 0 Å². The smallest absolute Gasteiger partial charge is 0.0404 e. The molecule has 2 aromatic rings. The number of aryl methyl sites for hydroxylation is 3. The lowest BCUT2D eigenvalue weighted by atomic mass is 9.95. The monoisotopic (exact) mass is 268 g/mol. The minimum Gasteiger partial charge on any atom is -0.310 e. The van der Waals surface area contributed by atoms with Crippen molar-refractivity contribution in [2.75, 3.05) is 6.54 Å². The van der Waals surface area contributed by atoms with Gasteiger partial charge in [-0.3, -0.25) is 4.98 Å². The Labute approximate surface area is 122 Å². The molecular weight excluding hydrogens is 244 g/mol. The van der Waals surface area contributed by atoms with Gasteiger partial charge in [-0.25, -0.2) is 0 Å². The molecule has 2 rings (SSSR count). The van der Waals surface area contributed by atoms with Crippen LogP contribution in [0.2, 0.25) is 0 Å². The van der Waals surface area contributed by atoms with Crippen molar-refractivity contribution in [3.8, 4) is 0 Å². The first kappa shape index (κ1) is 14.7. The van der Waals surface area contributed by atoms with Crippen LogP contribution in [0.3, 0.4) is 0 Å². The Balaban J connectivity index is 2.12. The van der Waals surface area contributed by atoms with E-state index in [9.17, 15) is 0 Å². The van der Waals surface area contributed by atoms with E-state index in [-0.39, 0.29) is 0 Å². The van der Waals surface area contributed by atoms with E-state index in [4.69, 9.17) is 0 Å². The van der Waals surface area contributed by atoms with Crippen LogP contribution in [0.1, 0.15) is 41.8 Å². The fraction of sp³-hybridized carbons (Fsp3) is 0.389. The summed E-state index contributed by atoms with van der Waals surface area (Å²) >= 11 is 0. The molecule has 0 radical (unpaired) electrons. The summed E-state index contributed by atoms with van der Waals surface area (Å²) in [4.78, 5) is 4.42. The minimum atomic E-state index is 0.405. The van der Waals surface area contributed by atoms with E-state index in [0.29, 0.717) is 6.04 Å². The molecule has 0 aliphatic rings. The Morgan fingerprint density at radius 2 is 2.00 bits per heavy atom. The molecule has 2 heteroatoms. The van der Waals surface area contributed by atoms with Gasteiger partial charge in [-0.15, -0.1) is 0 Å². The topological polar surface area (TPSA) is 24.9 Å². The van der Waals surface area contributed by atoms with E-state index in [1.165, 1.54) is 22.4 Å². The number of nitrogens with zero attached hydrogens (tertiary/aromatic N) is 1. The van der Waals surface area contributed by atoms with Crippen molar-refractivity contribution in [3.05, 3.63) is 65.0 Å². The number of hydrogen-bond donors (Lipinski definition) is 1. The average Bonchev–Trinajstić information content (AvgIpc) is 2.47. The van der Waals surface area contributed by atoms with E-state index in [1.54, 1.807) is 0 Å². The Morgan fingerprint density at radius 3 is 2.70 bits per heavy atom. The van der Waals surface area contributed by atoms with Crippen LogP contribution < -0.4 is 5.32 Å². The van der Waals surface area contributed by atoms with Crippen LogP contribution in [0.15, 0.2) is 42.6 Å². The van der Waals surface area contributed by atoms with Gasteiger partial charge in [0, 0.05) is 17.9 Å². The molecule has 20 heavy (non-hydrogen) atoms. The Bertz CT molecular complexity index is 534. The van der Waals surface area contributed by atoms with Gasteiger partial charge in [0.25, 0.3) is 0 Å². The first-order valence-corrected chi connectivity index (χ1v) is 7.41. The first-order chi connectivity index (χ1) is 9.70. The summed E-state index contributed by atoms with van der Waals surface area (Å²) in [6.07, 6.45) is 3.95. The zero-order chi connectivity index (χ0) is 14.4. The fourth-order valence-electron chi connectivity index (χ4n) is 2.59. The lowest BCUT2D eigenvalue weighted by molar-refractivity contribution is 0.510. The van der Waals surface area contributed by atoms with E-state index >= 15 is 0 Å². The molecule has 106 valence electrons. The molecule has 1 heterocycles. The van der Waals surface area contributed by atoms with Gasteiger partial charge in [0.05, 0.1) is 0 Å². The summed E-state index contributed by atoms with van der Waals surface area (Å²) in [5.74, 6) is 0. The second-order valence-corrected chi connectivity index (χ2v) is 5.33. The van der Waals surface area contributed by atoms with Crippen LogP contribution in [-0.4, -0.2) is 11.5 Å². The second-order valence-electron chi connectivity index (χ2n) is 5.33. The van der Waals surface area contributed by atoms with E-state index < -0.39 is 0 Å². The van der Waals surface area contributed by atoms with Crippen molar-refractivity contribution in [2.24, 2.45) is 0 Å². The van der Waals surface area contributed by atoms with Crippen molar-refractivity contribution in [3.63, 3.8) is 0 Å². The van der Waals surface area contributed by atoms with Crippen molar-refractivity contribution in [1.82, 2.24) is 10.3 Å². The number of aromatic nitrogens is 1. The summed E-state index contributed by atoms with van der Waals surface area (Å²) in [6, 6.07) is 13.2. The number of rotatable bonds is 6. The molecule has 2 nitrogen and oxygen atoms in total. The summed E-state index contributed by atoms with van der Waals surface area (Å²) in [7, 11) is 0. The van der Waals surface area contributed by atoms with Gasteiger partial charge in [0.15, 0.2) is 0 Å². The summed E-state index contributed by atoms with van der Waals surface area (Å²) in [5, 5.41) is 3.61. The van der Waals surface area contributed by atoms with E-state index in [0.717, 1.165) is 19.4 Å². The lowest BCUT2D eigenvalue weighted by Crippen LogP contribution is -2.22. The third kappa shape index (κ3) is 3.91. The zero-order valence-electron chi connectivity index (χ0n) is 12.7. The van der Waals surface area contributed by atoms with Gasteiger partial charge < -0.3 is 5.32 Å². The number of benzene rings is 1. The van der Waals surface area contributed by atoms with Crippen LogP contribution >= 0.6 is 0 Å². The van der Waals surface area contributed by atoms with Crippen molar-refractivity contribution in [1.29, 1.82) is 0 Å². The normalized spacial score (nSPS) is 12.3. The SMILES string of the molecule is CCNC(CCc1ccccn1)c1cc(C)ccc1C. The number of nitrogens with one attached hydrogen (secondary N) is 1. The highest BCUT2D eigenvalue weighted by molar-refractivity contribution is 5.33. The largest absolute Gasteiger partial charge is 0.310 e. The predicted molar refractivity (Wildman–Crippen MR) is 84.9 cm³/mol. The van der Waals surface area contributed by atoms with Crippen LogP contribution in [-0.2, 0) is 6.42 Å². The van der Waals surface area contributed by atoms with Crippen molar-refractivity contribution < 1.29 is 0 Å². The maximum absolute atomic E-state index is 4.42. The van der Waals surface area contributed by atoms with Crippen molar-refractivity contribution in [2.45, 2.75) is 39.7 Å². The maximum atomic E-state index is 4.42. The minimum absolute atomic E-state index is 0.405. The molecule has 1 aromatic carbocycles. The van der Waals surface area contributed by atoms with Crippen LogP contribution in [0.25, 0.3) is 0 Å². The molecule has 0 amide bonds. The molecule has 0 bridgehead atoms. The molecule has 1 aromatic heterocycles. The second kappa shape index (κ2) is 7.20.